The molecule has 2 bridgehead atoms. The number of aromatic nitrogens is 1. The van der Waals surface area contributed by atoms with Crippen molar-refractivity contribution in [2.24, 2.45) is 5.41 Å². The number of nitrogen functional groups attached to an aromatic ring is 1. The number of piperidine rings is 2. The van der Waals surface area contributed by atoms with Crippen molar-refractivity contribution in [3.63, 3.8) is 0 Å². The van der Waals surface area contributed by atoms with Crippen molar-refractivity contribution in [1.29, 1.82) is 0 Å². The molecule has 1 aromatic carbocycles. The van der Waals surface area contributed by atoms with Crippen molar-refractivity contribution in [2.45, 2.75) is 68.7 Å². The predicted molar refractivity (Wildman–Crippen MR) is 164 cm³/mol. The Bertz CT molecular complexity index is 1490. The Morgan fingerprint density at radius 3 is 2.41 bits per heavy atom. The number of fused-ring (bicyclic) bond motifs is 1. The van der Waals surface area contributed by atoms with Gasteiger partial charge >= 0.3 is 0 Å². The minimum Gasteiger partial charge on any atom is -0.385 e. The Balaban J connectivity index is 0.832. The van der Waals surface area contributed by atoms with Gasteiger partial charge in [0.25, 0.3) is 5.91 Å². The fourth-order valence-corrected chi connectivity index (χ4v) is 9.17. The normalized spacial score (nSPS) is 31.8. The molecule has 9 rings (SSSR count). The summed E-state index contributed by atoms with van der Waals surface area (Å²) in [5.41, 5.74) is 9.10. The van der Waals surface area contributed by atoms with Gasteiger partial charge in [-0.3, -0.25) is 24.6 Å². The maximum Gasteiger partial charge on any atom is 0.255 e. The summed E-state index contributed by atoms with van der Waals surface area (Å²) in [7, 11) is 0. The number of amides is 3. The lowest BCUT2D eigenvalue weighted by atomic mass is 9.38. The van der Waals surface area contributed by atoms with Gasteiger partial charge in [-0.15, -0.1) is 0 Å². The highest BCUT2D eigenvalue weighted by molar-refractivity contribution is 6.05. The van der Waals surface area contributed by atoms with Crippen LogP contribution in [-0.4, -0.2) is 99.9 Å². The van der Waals surface area contributed by atoms with Crippen LogP contribution in [0.25, 0.3) is 0 Å². The monoisotopic (exact) mass is 599 g/mol. The molecule has 11 nitrogen and oxygen atoms in total. The lowest BCUT2D eigenvalue weighted by molar-refractivity contribution is -0.231. The smallest absolute Gasteiger partial charge is 0.255 e. The van der Waals surface area contributed by atoms with Crippen LogP contribution in [0.2, 0.25) is 0 Å². The molecule has 4 aliphatic heterocycles. The van der Waals surface area contributed by atoms with E-state index in [-0.39, 0.29) is 18.2 Å². The summed E-state index contributed by atoms with van der Waals surface area (Å²) in [6.07, 6.45) is 7.65. The zero-order chi connectivity index (χ0) is 30.3. The zero-order valence-electron chi connectivity index (χ0n) is 25.1. The van der Waals surface area contributed by atoms with Crippen molar-refractivity contribution in [1.82, 2.24) is 25.0 Å². The highest BCUT2D eigenvalue weighted by atomic mass is 16.3. The van der Waals surface area contributed by atoms with Gasteiger partial charge in [-0.25, -0.2) is 4.98 Å². The number of imide groups is 1. The van der Waals surface area contributed by atoms with Gasteiger partial charge in [0, 0.05) is 69.9 Å². The van der Waals surface area contributed by atoms with Gasteiger partial charge in [-0.2, -0.15) is 0 Å². The lowest BCUT2D eigenvalue weighted by Gasteiger charge is -2.75. The minimum absolute atomic E-state index is 0.180. The van der Waals surface area contributed by atoms with Crippen LogP contribution in [0.5, 0.6) is 0 Å². The molecule has 3 aliphatic carbocycles. The molecule has 0 spiro atoms. The molecular formula is C33H41N7O4. The Morgan fingerprint density at radius 2 is 1.73 bits per heavy atom. The second kappa shape index (κ2) is 9.98. The average Bonchev–Trinajstić information content (AvgIpc) is 3.31. The highest BCUT2D eigenvalue weighted by Gasteiger charge is 2.70. The number of anilines is 2. The van der Waals surface area contributed by atoms with Gasteiger partial charge in [0.1, 0.15) is 11.9 Å². The van der Waals surface area contributed by atoms with E-state index in [0.29, 0.717) is 48.1 Å². The molecule has 5 heterocycles. The number of hydrogen-bond acceptors (Lipinski definition) is 9. The molecule has 1 unspecified atom stereocenters. The number of nitrogens with two attached hydrogens (primary N) is 1. The predicted octanol–water partition coefficient (Wildman–Crippen LogP) is 1.45. The zero-order valence-corrected chi connectivity index (χ0v) is 25.1. The third-order valence-corrected chi connectivity index (χ3v) is 11.5. The van der Waals surface area contributed by atoms with E-state index in [2.05, 4.69) is 31.1 Å². The van der Waals surface area contributed by atoms with Gasteiger partial charge in [0.05, 0.1) is 17.5 Å². The first-order valence-electron chi connectivity index (χ1n) is 16.1. The van der Waals surface area contributed by atoms with Gasteiger partial charge in [0.15, 0.2) is 0 Å². The van der Waals surface area contributed by atoms with E-state index < -0.39 is 17.6 Å². The van der Waals surface area contributed by atoms with Crippen LogP contribution >= 0.6 is 0 Å². The second-order valence-electron chi connectivity index (χ2n) is 14.2. The van der Waals surface area contributed by atoms with Crippen LogP contribution < -0.4 is 16.0 Å². The lowest BCUT2D eigenvalue weighted by Crippen LogP contribution is -2.78. The molecule has 4 N–H and O–H groups in total. The van der Waals surface area contributed by atoms with Crippen molar-refractivity contribution >= 4 is 29.2 Å². The number of rotatable bonds is 6. The number of likely N-dealkylation sites (tertiary alicyclic amines) is 1. The van der Waals surface area contributed by atoms with Crippen molar-refractivity contribution < 1.29 is 19.5 Å². The van der Waals surface area contributed by atoms with Crippen LogP contribution in [-0.2, 0) is 21.7 Å². The topological polar surface area (TPSA) is 135 Å². The summed E-state index contributed by atoms with van der Waals surface area (Å²) in [6.45, 7) is 7.39. The third-order valence-electron chi connectivity index (χ3n) is 11.5. The van der Waals surface area contributed by atoms with Crippen LogP contribution in [0, 0.1) is 5.41 Å². The highest BCUT2D eigenvalue weighted by Crippen LogP contribution is 2.70. The second-order valence-corrected chi connectivity index (χ2v) is 14.2. The summed E-state index contributed by atoms with van der Waals surface area (Å²) in [6, 6.07) is 8.96. The molecule has 3 amide bonds. The molecule has 1 aromatic heterocycles. The first kappa shape index (κ1) is 28.0. The van der Waals surface area contributed by atoms with Crippen LogP contribution in [0.4, 0.5) is 11.5 Å². The van der Waals surface area contributed by atoms with Crippen LogP contribution in [0.1, 0.15) is 66.4 Å². The molecule has 6 fully saturated rings. The number of nitrogens with one attached hydrogen (secondary N) is 1. The number of nitrogens with zero attached hydrogens (tertiary/aromatic N) is 5. The van der Waals surface area contributed by atoms with E-state index in [0.717, 1.165) is 62.6 Å². The number of carbonyl (C=O) groups excluding carboxylic acids is 3. The number of hydrogen-bond donors (Lipinski definition) is 3. The maximum absolute atomic E-state index is 13.1. The SMILES string of the molecule is Nc1ccc(N2CCN(C34CC(CN5CCC(O)(c6ccc7c(c6)CN(C6CCC(=O)NC6=O)C7=O)CC5)(C3)C4)CC2)cn1. The van der Waals surface area contributed by atoms with Crippen molar-refractivity contribution in [2.75, 3.05) is 56.4 Å². The molecule has 3 saturated carbocycles. The van der Waals surface area contributed by atoms with E-state index in [4.69, 9.17) is 5.73 Å². The number of carbonyl (C=O) groups is 3. The molecule has 232 valence electrons. The molecule has 0 radical (unpaired) electrons. The average molecular weight is 600 g/mol. The molecular weight excluding hydrogens is 558 g/mol. The largest absolute Gasteiger partial charge is 0.385 e. The van der Waals surface area contributed by atoms with E-state index in [1.54, 1.807) is 11.0 Å². The Kier molecular flexibility index (Phi) is 6.35. The van der Waals surface area contributed by atoms with E-state index >= 15 is 0 Å². The van der Waals surface area contributed by atoms with Gasteiger partial charge in [0.2, 0.25) is 11.8 Å². The summed E-state index contributed by atoms with van der Waals surface area (Å²) in [4.78, 5) is 50.6. The fourth-order valence-electron chi connectivity index (χ4n) is 9.17. The Hall–Kier alpha value is -3.54. The van der Waals surface area contributed by atoms with Gasteiger partial charge < -0.3 is 25.5 Å². The molecule has 2 aromatic rings. The Morgan fingerprint density at radius 1 is 0.977 bits per heavy atom. The van der Waals surface area contributed by atoms with E-state index in [1.807, 2.05) is 24.4 Å². The maximum atomic E-state index is 13.1. The summed E-state index contributed by atoms with van der Waals surface area (Å²) in [5, 5.41) is 14.1. The molecule has 11 heteroatoms. The summed E-state index contributed by atoms with van der Waals surface area (Å²) in [5.74, 6) is -0.313. The first-order chi connectivity index (χ1) is 21.1. The number of pyridine rings is 1. The fraction of sp³-hybridized carbons (Fsp3) is 0.576. The molecule has 7 aliphatic rings. The molecule has 3 saturated heterocycles. The van der Waals surface area contributed by atoms with Gasteiger partial charge in [-0.1, -0.05) is 12.1 Å². The van der Waals surface area contributed by atoms with E-state index in [1.165, 1.54) is 19.3 Å². The Labute approximate surface area is 257 Å². The quantitative estimate of drug-likeness (QED) is 0.422. The van der Waals surface area contributed by atoms with Crippen molar-refractivity contribution in [3.8, 4) is 0 Å². The summed E-state index contributed by atoms with van der Waals surface area (Å²) >= 11 is 0. The standard InChI is InChI=1S/C33H41N7O4/c34-27-5-2-24(16-35-27)38-11-13-39(14-12-38)32-18-31(19-32,20-32)21-37-9-7-33(44,8-10-37)23-1-3-25-22(15-23)17-40(30(25)43)26-4-6-28(41)36-29(26)42/h1-3,5,15-16,26,44H,4,6-14,17-21H2,(H2,34,35)(H,36,41,42). The molecule has 1 atom stereocenters. The molecule has 44 heavy (non-hydrogen) atoms. The first-order valence-corrected chi connectivity index (χ1v) is 16.1. The third kappa shape index (κ3) is 4.50. The van der Waals surface area contributed by atoms with Gasteiger partial charge in [-0.05, 0) is 73.3 Å². The van der Waals surface area contributed by atoms with Crippen LogP contribution in [0.3, 0.4) is 0 Å². The van der Waals surface area contributed by atoms with Crippen LogP contribution in [0.15, 0.2) is 36.5 Å². The number of aliphatic hydroxyl groups is 1. The van der Waals surface area contributed by atoms with E-state index in [9.17, 15) is 19.5 Å². The summed E-state index contributed by atoms with van der Waals surface area (Å²) < 4.78 is 0. The minimum atomic E-state index is -0.920. The number of piperazine rings is 1. The van der Waals surface area contributed by atoms with Crippen molar-refractivity contribution in [3.05, 3.63) is 53.2 Å². The number of benzene rings is 1.